The van der Waals surface area contributed by atoms with Crippen molar-refractivity contribution in [2.75, 3.05) is 26.0 Å². The first-order valence-electron chi connectivity index (χ1n) is 8.68. The van der Waals surface area contributed by atoms with Crippen molar-refractivity contribution in [1.29, 1.82) is 0 Å². The van der Waals surface area contributed by atoms with E-state index < -0.39 is 0 Å². The minimum atomic E-state index is -0.174. The van der Waals surface area contributed by atoms with Crippen LogP contribution in [0.15, 0.2) is 41.8 Å². The summed E-state index contributed by atoms with van der Waals surface area (Å²) in [6, 6.07) is 8.10. The van der Waals surface area contributed by atoms with Crippen LogP contribution in [-0.4, -0.2) is 52.3 Å². The minimum Gasteiger partial charge on any atom is -0.469 e. The zero-order chi connectivity index (χ0) is 18.5. The SMILES string of the molecule is COC(=O)C1CCN(C(=O)CSc2nccn2-c2ccccc2C)CC1. The summed E-state index contributed by atoms with van der Waals surface area (Å²) >= 11 is 1.44. The van der Waals surface area contributed by atoms with Gasteiger partial charge in [0.05, 0.1) is 24.5 Å². The predicted molar refractivity (Wildman–Crippen MR) is 100 cm³/mol. The fourth-order valence-electron chi connectivity index (χ4n) is 3.16. The number of methoxy groups -OCH3 is 1. The maximum atomic E-state index is 12.5. The summed E-state index contributed by atoms with van der Waals surface area (Å²) in [5.74, 6) is 0.159. The van der Waals surface area contributed by atoms with Crippen LogP contribution in [0.1, 0.15) is 18.4 Å². The molecule has 0 radical (unpaired) electrons. The maximum absolute atomic E-state index is 12.5. The van der Waals surface area contributed by atoms with Gasteiger partial charge >= 0.3 is 5.97 Å². The Morgan fingerprint density at radius 2 is 2.00 bits per heavy atom. The Hall–Kier alpha value is -2.28. The Labute approximate surface area is 157 Å². The molecule has 0 unspecified atom stereocenters. The van der Waals surface area contributed by atoms with Crippen LogP contribution >= 0.6 is 11.8 Å². The summed E-state index contributed by atoms with van der Waals surface area (Å²) in [6.07, 6.45) is 5.00. The molecule has 2 heterocycles. The predicted octanol–water partition coefficient (Wildman–Crippen LogP) is 2.68. The van der Waals surface area contributed by atoms with Crippen LogP contribution in [0, 0.1) is 12.8 Å². The number of aryl methyl sites for hydroxylation is 1. The lowest BCUT2D eigenvalue weighted by atomic mass is 9.97. The van der Waals surface area contributed by atoms with Gasteiger partial charge in [0, 0.05) is 25.5 Å². The third-order valence-corrected chi connectivity index (χ3v) is 5.64. The molecule has 1 amide bonds. The summed E-state index contributed by atoms with van der Waals surface area (Å²) in [6.45, 7) is 3.26. The first-order valence-corrected chi connectivity index (χ1v) is 9.66. The van der Waals surface area contributed by atoms with Crippen molar-refractivity contribution in [3.63, 3.8) is 0 Å². The average Bonchev–Trinajstić information content (AvgIpc) is 3.14. The number of aromatic nitrogens is 2. The molecule has 6 nitrogen and oxygen atoms in total. The van der Waals surface area contributed by atoms with E-state index in [2.05, 4.69) is 18.0 Å². The summed E-state index contributed by atoms with van der Waals surface area (Å²) in [7, 11) is 1.41. The molecule has 138 valence electrons. The molecule has 1 saturated heterocycles. The number of carbonyl (C=O) groups is 2. The average molecular weight is 373 g/mol. The van der Waals surface area contributed by atoms with E-state index in [9.17, 15) is 9.59 Å². The molecule has 1 aliphatic rings. The molecule has 0 spiro atoms. The van der Waals surface area contributed by atoms with Crippen molar-refractivity contribution < 1.29 is 14.3 Å². The van der Waals surface area contributed by atoms with Crippen LogP contribution in [0.25, 0.3) is 5.69 Å². The third-order valence-electron chi connectivity index (χ3n) is 4.69. The topological polar surface area (TPSA) is 64.4 Å². The van der Waals surface area contributed by atoms with Gasteiger partial charge in [-0.3, -0.25) is 14.2 Å². The number of hydrogen-bond donors (Lipinski definition) is 0. The number of imidazole rings is 1. The lowest BCUT2D eigenvalue weighted by Crippen LogP contribution is -2.41. The van der Waals surface area contributed by atoms with Gasteiger partial charge in [0.1, 0.15) is 0 Å². The molecule has 0 aliphatic carbocycles. The highest BCUT2D eigenvalue weighted by molar-refractivity contribution is 7.99. The van der Waals surface area contributed by atoms with Gasteiger partial charge in [0.25, 0.3) is 0 Å². The van der Waals surface area contributed by atoms with Crippen LogP contribution in [0.2, 0.25) is 0 Å². The highest BCUT2D eigenvalue weighted by Gasteiger charge is 2.27. The van der Waals surface area contributed by atoms with Crippen molar-refractivity contribution in [2.45, 2.75) is 24.9 Å². The molecule has 2 aromatic rings. The van der Waals surface area contributed by atoms with E-state index in [1.54, 1.807) is 6.20 Å². The number of thioether (sulfide) groups is 1. The van der Waals surface area contributed by atoms with Crippen LogP contribution in [0.4, 0.5) is 0 Å². The van der Waals surface area contributed by atoms with E-state index in [0.29, 0.717) is 31.7 Å². The standard InChI is InChI=1S/C19H23N3O3S/c1-14-5-3-4-6-16(14)22-12-9-20-19(22)26-13-17(23)21-10-7-15(8-11-21)18(24)25-2/h3-6,9,12,15H,7-8,10-11,13H2,1-2H3. The quantitative estimate of drug-likeness (QED) is 0.596. The van der Waals surface area contributed by atoms with Gasteiger partial charge in [0.2, 0.25) is 5.91 Å². The van der Waals surface area contributed by atoms with E-state index >= 15 is 0 Å². The number of esters is 1. The Morgan fingerprint density at radius 1 is 1.27 bits per heavy atom. The molecule has 0 N–H and O–H groups in total. The van der Waals surface area contributed by atoms with Crippen LogP contribution in [0.3, 0.4) is 0 Å². The van der Waals surface area contributed by atoms with Gasteiger partial charge in [0.15, 0.2) is 5.16 Å². The number of likely N-dealkylation sites (tertiary alicyclic amines) is 1. The van der Waals surface area contributed by atoms with E-state index in [1.807, 2.05) is 33.9 Å². The number of benzene rings is 1. The van der Waals surface area contributed by atoms with Gasteiger partial charge in [-0.15, -0.1) is 0 Å². The van der Waals surface area contributed by atoms with Gasteiger partial charge in [-0.1, -0.05) is 30.0 Å². The first-order chi connectivity index (χ1) is 12.6. The smallest absolute Gasteiger partial charge is 0.308 e. The van der Waals surface area contributed by atoms with Gasteiger partial charge in [-0.2, -0.15) is 0 Å². The largest absolute Gasteiger partial charge is 0.469 e. The molecule has 3 rings (SSSR count). The number of piperidine rings is 1. The second kappa shape index (κ2) is 8.40. The van der Waals surface area contributed by atoms with Crippen LogP contribution < -0.4 is 0 Å². The fraction of sp³-hybridized carbons (Fsp3) is 0.421. The number of carbonyl (C=O) groups excluding carboxylic acids is 2. The Bertz CT molecular complexity index is 782. The Balaban J connectivity index is 1.57. The van der Waals surface area contributed by atoms with Gasteiger partial charge in [-0.05, 0) is 31.4 Å². The highest BCUT2D eigenvalue weighted by Crippen LogP contribution is 2.24. The molecule has 0 saturated carbocycles. The van der Waals surface area contributed by atoms with E-state index in [0.717, 1.165) is 16.4 Å². The summed E-state index contributed by atoms with van der Waals surface area (Å²) in [5, 5.41) is 0.803. The molecule has 1 fully saturated rings. The first kappa shape index (κ1) is 18.5. The van der Waals surface area contributed by atoms with Crippen molar-refractivity contribution in [1.82, 2.24) is 14.5 Å². The highest BCUT2D eigenvalue weighted by atomic mass is 32.2. The number of nitrogens with zero attached hydrogens (tertiary/aromatic N) is 3. The Kier molecular flexibility index (Phi) is 5.98. The van der Waals surface area contributed by atoms with E-state index in [4.69, 9.17) is 4.74 Å². The molecule has 0 bridgehead atoms. The van der Waals surface area contributed by atoms with Crippen molar-refractivity contribution in [3.05, 3.63) is 42.2 Å². The number of para-hydroxylation sites is 1. The zero-order valence-corrected chi connectivity index (χ0v) is 15.9. The van der Waals surface area contributed by atoms with Crippen LogP contribution in [0.5, 0.6) is 0 Å². The summed E-state index contributed by atoms with van der Waals surface area (Å²) < 4.78 is 6.80. The normalized spacial score (nSPS) is 15.1. The summed E-state index contributed by atoms with van der Waals surface area (Å²) in [4.78, 5) is 30.3. The third kappa shape index (κ3) is 4.09. The van der Waals surface area contributed by atoms with Crippen LogP contribution in [-0.2, 0) is 14.3 Å². The number of hydrogen-bond acceptors (Lipinski definition) is 5. The Morgan fingerprint density at radius 3 is 2.69 bits per heavy atom. The molecule has 0 atom stereocenters. The maximum Gasteiger partial charge on any atom is 0.308 e. The second-order valence-electron chi connectivity index (χ2n) is 6.33. The molecule has 1 aliphatic heterocycles. The molecule has 7 heteroatoms. The molecular weight excluding hydrogens is 350 g/mol. The lowest BCUT2D eigenvalue weighted by Gasteiger charge is -2.30. The van der Waals surface area contributed by atoms with Crippen molar-refractivity contribution in [2.24, 2.45) is 5.92 Å². The lowest BCUT2D eigenvalue weighted by molar-refractivity contribution is -0.148. The number of amides is 1. The van der Waals surface area contributed by atoms with Crippen molar-refractivity contribution >= 4 is 23.6 Å². The second-order valence-corrected chi connectivity index (χ2v) is 7.28. The van der Waals surface area contributed by atoms with Gasteiger partial charge < -0.3 is 9.64 Å². The molecular formula is C19H23N3O3S. The number of ether oxygens (including phenoxy) is 1. The monoisotopic (exact) mass is 373 g/mol. The number of rotatable bonds is 5. The molecule has 1 aromatic heterocycles. The molecule has 26 heavy (non-hydrogen) atoms. The van der Waals surface area contributed by atoms with E-state index in [1.165, 1.54) is 18.9 Å². The van der Waals surface area contributed by atoms with Gasteiger partial charge in [-0.25, -0.2) is 4.98 Å². The van der Waals surface area contributed by atoms with Crippen molar-refractivity contribution in [3.8, 4) is 5.69 Å². The fourth-order valence-corrected chi connectivity index (χ4v) is 4.03. The van der Waals surface area contributed by atoms with E-state index in [-0.39, 0.29) is 17.8 Å². The molecule has 1 aromatic carbocycles. The zero-order valence-electron chi connectivity index (χ0n) is 15.1. The minimum absolute atomic E-state index is 0.0812. The summed E-state index contributed by atoms with van der Waals surface area (Å²) in [5.41, 5.74) is 2.22.